The molecule has 0 unspecified atom stereocenters. The van der Waals surface area contributed by atoms with Crippen LogP contribution >= 0.6 is 11.3 Å². The average molecular weight is 345 g/mol. The zero-order valence-electron chi connectivity index (χ0n) is 12.8. The van der Waals surface area contributed by atoms with Gasteiger partial charge in [-0.25, -0.2) is 0 Å². The normalized spacial score (nSPS) is 13.4. The summed E-state index contributed by atoms with van der Waals surface area (Å²) in [5, 5.41) is 19.8. The van der Waals surface area contributed by atoms with Gasteiger partial charge in [0, 0.05) is 15.6 Å². The van der Waals surface area contributed by atoms with Crippen molar-refractivity contribution in [1.82, 2.24) is 10.5 Å². The molecule has 0 aliphatic carbocycles. The zero-order chi connectivity index (χ0) is 17.2. The quantitative estimate of drug-likeness (QED) is 0.626. The van der Waals surface area contributed by atoms with Crippen LogP contribution in [0.5, 0.6) is 0 Å². The number of hydrogen-bond acceptors (Lipinski definition) is 6. The second-order valence-corrected chi connectivity index (χ2v) is 6.53. The average Bonchev–Trinajstić information content (AvgIpc) is 3.21. The summed E-state index contributed by atoms with van der Waals surface area (Å²) in [5.74, 6) is -1.60. The van der Waals surface area contributed by atoms with E-state index in [-0.39, 0.29) is 12.4 Å². The molecule has 0 saturated carbocycles. The Morgan fingerprint density at radius 3 is 2.79 bits per heavy atom. The highest BCUT2D eigenvalue weighted by Gasteiger charge is 2.27. The molecule has 0 saturated heterocycles. The first kappa shape index (κ1) is 16.2. The number of nitrogens with zero attached hydrogens (tertiary/aromatic N) is 1. The van der Waals surface area contributed by atoms with Gasteiger partial charge in [-0.3, -0.25) is 14.9 Å². The lowest BCUT2D eigenvalue weighted by Gasteiger charge is -2.22. The summed E-state index contributed by atoms with van der Waals surface area (Å²) < 4.78 is 5.61. The summed E-state index contributed by atoms with van der Waals surface area (Å²) in [7, 11) is 0. The van der Waals surface area contributed by atoms with E-state index in [1.54, 1.807) is 6.92 Å². The second-order valence-electron chi connectivity index (χ2n) is 5.44. The number of anilines is 1. The van der Waals surface area contributed by atoms with Crippen molar-refractivity contribution >= 4 is 39.1 Å². The lowest BCUT2D eigenvalue weighted by atomic mass is 10.0. The van der Waals surface area contributed by atoms with Gasteiger partial charge in [0.1, 0.15) is 11.9 Å². The van der Waals surface area contributed by atoms with Crippen LogP contribution in [0.2, 0.25) is 0 Å². The Morgan fingerprint density at radius 2 is 2.08 bits per heavy atom. The SMILES string of the molecule is C[C@@](O)(CNC(=O)C(=O)Nc1ccon1)c1cc2ccccc2s1. The Morgan fingerprint density at radius 1 is 1.29 bits per heavy atom. The van der Waals surface area contributed by atoms with Crippen molar-refractivity contribution in [2.45, 2.75) is 12.5 Å². The summed E-state index contributed by atoms with van der Waals surface area (Å²) in [5.41, 5.74) is -1.28. The van der Waals surface area contributed by atoms with Gasteiger partial charge in [-0.2, -0.15) is 0 Å². The van der Waals surface area contributed by atoms with Crippen molar-refractivity contribution in [3.05, 3.63) is 47.5 Å². The predicted octanol–water partition coefficient (Wildman–Crippen LogP) is 1.85. The number of aromatic nitrogens is 1. The molecule has 2 aromatic heterocycles. The van der Waals surface area contributed by atoms with E-state index < -0.39 is 17.4 Å². The van der Waals surface area contributed by atoms with Crippen LogP contribution in [0.1, 0.15) is 11.8 Å². The maximum atomic E-state index is 11.8. The van der Waals surface area contributed by atoms with E-state index in [4.69, 9.17) is 0 Å². The van der Waals surface area contributed by atoms with E-state index in [0.29, 0.717) is 4.88 Å². The Balaban J connectivity index is 1.63. The van der Waals surface area contributed by atoms with E-state index >= 15 is 0 Å². The molecule has 0 aliphatic heterocycles. The number of rotatable bonds is 4. The molecule has 8 heteroatoms. The Labute approximate surface area is 141 Å². The minimum atomic E-state index is -1.28. The highest BCUT2D eigenvalue weighted by atomic mass is 32.1. The number of carbonyl (C=O) groups is 2. The standard InChI is InChI=1S/C16H15N3O4S/c1-16(22,12-8-10-4-2-3-5-11(10)24-12)9-17-14(20)15(21)18-13-6-7-23-19-13/h2-8,22H,9H2,1H3,(H,17,20)(H,18,19,21)/t16-/m1/s1. The molecule has 0 radical (unpaired) electrons. The van der Waals surface area contributed by atoms with E-state index in [1.807, 2.05) is 30.3 Å². The van der Waals surface area contributed by atoms with Crippen LogP contribution in [0.4, 0.5) is 5.82 Å². The third kappa shape index (κ3) is 3.44. The first-order valence-electron chi connectivity index (χ1n) is 7.17. The molecule has 3 aromatic rings. The Kier molecular flexibility index (Phi) is 4.32. The number of hydrogen-bond donors (Lipinski definition) is 3. The summed E-state index contributed by atoms with van der Waals surface area (Å²) in [6, 6.07) is 11.1. The number of carbonyl (C=O) groups excluding carboxylic acids is 2. The van der Waals surface area contributed by atoms with Crippen LogP contribution in [-0.2, 0) is 15.2 Å². The van der Waals surface area contributed by atoms with Crippen LogP contribution in [0.15, 0.2) is 47.2 Å². The highest BCUT2D eigenvalue weighted by molar-refractivity contribution is 7.19. The molecule has 0 aliphatic rings. The molecule has 3 N–H and O–H groups in total. The minimum Gasteiger partial charge on any atom is -0.383 e. The van der Waals surface area contributed by atoms with Gasteiger partial charge < -0.3 is 14.9 Å². The molecule has 3 rings (SSSR count). The van der Waals surface area contributed by atoms with Crippen molar-refractivity contribution in [3.8, 4) is 0 Å². The summed E-state index contributed by atoms with van der Waals surface area (Å²) >= 11 is 1.44. The number of fused-ring (bicyclic) bond motifs is 1. The number of benzene rings is 1. The second kappa shape index (κ2) is 6.42. The van der Waals surface area contributed by atoms with Gasteiger partial charge >= 0.3 is 11.8 Å². The van der Waals surface area contributed by atoms with Gasteiger partial charge in [0.25, 0.3) is 0 Å². The highest BCUT2D eigenvalue weighted by Crippen LogP contribution is 2.32. The first-order valence-corrected chi connectivity index (χ1v) is 7.98. The molecular weight excluding hydrogens is 330 g/mol. The predicted molar refractivity (Wildman–Crippen MR) is 89.5 cm³/mol. The van der Waals surface area contributed by atoms with Gasteiger partial charge in [-0.05, 0) is 24.4 Å². The number of aliphatic hydroxyl groups is 1. The van der Waals surface area contributed by atoms with Gasteiger partial charge in [0.05, 0.1) is 6.54 Å². The zero-order valence-corrected chi connectivity index (χ0v) is 13.6. The van der Waals surface area contributed by atoms with Crippen molar-refractivity contribution in [2.75, 3.05) is 11.9 Å². The monoisotopic (exact) mass is 345 g/mol. The topological polar surface area (TPSA) is 104 Å². The van der Waals surface area contributed by atoms with Gasteiger partial charge in [-0.1, -0.05) is 23.4 Å². The maximum Gasteiger partial charge on any atom is 0.314 e. The fraction of sp³-hybridized carbons (Fsp3) is 0.188. The van der Waals surface area contributed by atoms with E-state index in [0.717, 1.165) is 10.1 Å². The van der Waals surface area contributed by atoms with Crippen molar-refractivity contribution in [2.24, 2.45) is 0 Å². The van der Waals surface area contributed by atoms with E-state index in [2.05, 4.69) is 20.3 Å². The fourth-order valence-electron chi connectivity index (χ4n) is 2.12. The summed E-state index contributed by atoms with van der Waals surface area (Å²) in [4.78, 5) is 24.3. The molecule has 1 aromatic carbocycles. The van der Waals surface area contributed by atoms with Gasteiger partial charge in [0.15, 0.2) is 5.82 Å². The molecular formula is C16H15N3O4S. The van der Waals surface area contributed by atoms with Crippen LogP contribution < -0.4 is 10.6 Å². The Bertz CT molecular complexity index is 837. The van der Waals surface area contributed by atoms with Crippen molar-refractivity contribution < 1.29 is 19.2 Å². The van der Waals surface area contributed by atoms with Gasteiger partial charge in [0.2, 0.25) is 0 Å². The van der Waals surface area contributed by atoms with Crippen LogP contribution in [0.3, 0.4) is 0 Å². The molecule has 24 heavy (non-hydrogen) atoms. The largest absolute Gasteiger partial charge is 0.383 e. The third-order valence-corrected chi connectivity index (χ3v) is 4.80. The lowest BCUT2D eigenvalue weighted by molar-refractivity contribution is -0.136. The first-order chi connectivity index (χ1) is 11.5. The molecule has 0 spiro atoms. The van der Waals surface area contributed by atoms with Crippen LogP contribution in [0, 0.1) is 0 Å². The number of amides is 2. The summed E-state index contributed by atoms with van der Waals surface area (Å²) in [6.45, 7) is 1.50. The molecule has 0 fully saturated rings. The maximum absolute atomic E-state index is 11.8. The Hall–Kier alpha value is -2.71. The molecule has 0 bridgehead atoms. The minimum absolute atomic E-state index is 0.0924. The van der Waals surface area contributed by atoms with E-state index in [1.165, 1.54) is 23.7 Å². The van der Waals surface area contributed by atoms with E-state index in [9.17, 15) is 14.7 Å². The van der Waals surface area contributed by atoms with Crippen LogP contribution in [-0.4, -0.2) is 28.6 Å². The molecule has 2 heterocycles. The molecule has 2 amide bonds. The fourth-order valence-corrected chi connectivity index (χ4v) is 3.22. The number of thiophene rings is 1. The molecule has 1 atom stereocenters. The van der Waals surface area contributed by atoms with Gasteiger partial charge in [-0.15, -0.1) is 11.3 Å². The van der Waals surface area contributed by atoms with Crippen molar-refractivity contribution in [1.29, 1.82) is 0 Å². The lowest BCUT2D eigenvalue weighted by Crippen LogP contribution is -2.43. The smallest absolute Gasteiger partial charge is 0.314 e. The van der Waals surface area contributed by atoms with Crippen molar-refractivity contribution in [3.63, 3.8) is 0 Å². The summed E-state index contributed by atoms with van der Waals surface area (Å²) in [6.07, 6.45) is 1.28. The molecule has 124 valence electrons. The number of nitrogens with one attached hydrogen (secondary N) is 2. The third-order valence-electron chi connectivity index (χ3n) is 3.44. The van der Waals surface area contributed by atoms with Crippen LogP contribution in [0.25, 0.3) is 10.1 Å². The molecule has 7 nitrogen and oxygen atoms in total.